The number of benzene rings is 3. The largest absolute Gasteiger partial charge is 0.454 e. The number of ether oxygens (including phenoxy) is 2. The number of carbonyl (C=O) groups excluding carboxylic acids is 1. The van der Waals surface area contributed by atoms with Crippen molar-refractivity contribution in [2.75, 3.05) is 12.1 Å². The van der Waals surface area contributed by atoms with E-state index in [1.807, 2.05) is 54.6 Å². The summed E-state index contributed by atoms with van der Waals surface area (Å²) < 4.78 is 10.7. The van der Waals surface area contributed by atoms with Crippen molar-refractivity contribution in [3.05, 3.63) is 66.2 Å². The van der Waals surface area contributed by atoms with E-state index in [9.17, 15) is 4.79 Å². The summed E-state index contributed by atoms with van der Waals surface area (Å²) in [7, 11) is 0. The quantitative estimate of drug-likeness (QED) is 0.780. The van der Waals surface area contributed by atoms with Crippen molar-refractivity contribution in [2.45, 2.75) is 0 Å². The Kier molecular flexibility index (Phi) is 2.93. The van der Waals surface area contributed by atoms with E-state index < -0.39 is 0 Å². The topological polar surface area (TPSA) is 47.6 Å². The zero-order valence-corrected chi connectivity index (χ0v) is 11.7. The number of hydrogen-bond acceptors (Lipinski definition) is 3. The van der Waals surface area contributed by atoms with E-state index in [4.69, 9.17) is 9.47 Å². The zero-order chi connectivity index (χ0) is 14.9. The molecule has 0 bridgehead atoms. The van der Waals surface area contributed by atoms with Crippen LogP contribution in [0.2, 0.25) is 0 Å². The Bertz CT molecular complexity index is 868. The van der Waals surface area contributed by atoms with E-state index in [0.29, 0.717) is 22.7 Å². The molecule has 0 atom stereocenters. The molecule has 22 heavy (non-hydrogen) atoms. The normalized spacial score (nSPS) is 12.4. The van der Waals surface area contributed by atoms with Gasteiger partial charge in [0.1, 0.15) is 0 Å². The molecule has 3 aromatic carbocycles. The summed E-state index contributed by atoms with van der Waals surface area (Å²) in [6.45, 7) is 0.177. The summed E-state index contributed by atoms with van der Waals surface area (Å²) in [4.78, 5) is 12.6. The highest BCUT2D eigenvalue weighted by Gasteiger charge is 2.19. The van der Waals surface area contributed by atoms with Crippen LogP contribution in [0.1, 0.15) is 10.4 Å². The van der Waals surface area contributed by atoms with Gasteiger partial charge in [-0.3, -0.25) is 4.79 Å². The van der Waals surface area contributed by atoms with Crippen molar-refractivity contribution in [2.24, 2.45) is 0 Å². The molecule has 1 N–H and O–H groups in total. The van der Waals surface area contributed by atoms with Gasteiger partial charge in [0.25, 0.3) is 5.91 Å². The molecular formula is C18H13NO3. The molecule has 0 radical (unpaired) electrons. The lowest BCUT2D eigenvalue weighted by atomic mass is 10.0. The highest BCUT2D eigenvalue weighted by molar-refractivity contribution is 6.13. The Labute approximate surface area is 127 Å². The number of rotatable bonds is 2. The standard InChI is InChI=1S/C18H13NO3/c20-18(14-8-3-6-12-5-1-2-7-13(12)14)19-15-9-4-10-16-17(15)22-11-21-16/h1-10H,11H2,(H,19,20). The summed E-state index contributed by atoms with van der Waals surface area (Å²) in [5.74, 6) is 1.06. The van der Waals surface area contributed by atoms with Crippen LogP contribution >= 0.6 is 0 Å². The van der Waals surface area contributed by atoms with Crippen LogP contribution in [0.4, 0.5) is 5.69 Å². The van der Waals surface area contributed by atoms with E-state index in [1.54, 1.807) is 6.07 Å². The first-order chi connectivity index (χ1) is 10.8. The number of para-hydroxylation sites is 1. The Morgan fingerprint density at radius 1 is 0.909 bits per heavy atom. The van der Waals surface area contributed by atoms with Crippen molar-refractivity contribution in [1.29, 1.82) is 0 Å². The highest BCUT2D eigenvalue weighted by atomic mass is 16.7. The maximum atomic E-state index is 12.6. The van der Waals surface area contributed by atoms with Gasteiger partial charge in [0.15, 0.2) is 11.5 Å². The smallest absolute Gasteiger partial charge is 0.256 e. The van der Waals surface area contributed by atoms with Crippen molar-refractivity contribution < 1.29 is 14.3 Å². The van der Waals surface area contributed by atoms with Gasteiger partial charge in [-0.15, -0.1) is 0 Å². The average molecular weight is 291 g/mol. The summed E-state index contributed by atoms with van der Waals surface area (Å²) in [5.41, 5.74) is 1.25. The predicted molar refractivity (Wildman–Crippen MR) is 84.5 cm³/mol. The predicted octanol–water partition coefficient (Wildman–Crippen LogP) is 3.82. The number of nitrogens with one attached hydrogen (secondary N) is 1. The molecular weight excluding hydrogens is 278 g/mol. The number of fused-ring (bicyclic) bond motifs is 2. The molecule has 4 nitrogen and oxygen atoms in total. The molecule has 0 fully saturated rings. The third-order valence-corrected chi connectivity index (χ3v) is 3.68. The van der Waals surface area contributed by atoms with E-state index in [1.165, 1.54) is 0 Å². The Balaban J connectivity index is 1.72. The molecule has 3 aromatic rings. The van der Waals surface area contributed by atoms with Gasteiger partial charge in [0.05, 0.1) is 5.69 Å². The Morgan fingerprint density at radius 2 is 1.73 bits per heavy atom. The van der Waals surface area contributed by atoms with Crippen molar-refractivity contribution >= 4 is 22.4 Å². The van der Waals surface area contributed by atoms with Gasteiger partial charge in [0.2, 0.25) is 6.79 Å². The molecule has 0 spiro atoms. The van der Waals surface area contributed by atoms with Crippen LogP contribution in [0, 0.1) is 0 Å². The Hall–Kier alpha value is -3.01. The number of amides is 1. The summed E-state index contributed by atoms with van der Waals surface area (Å²) in [6, 6.07) is 18.9. The fourth-order valence-corrected chi connectivity index (χ4v) is 2.64. The van der Waals surface area contributed by atoms with Gasteiger partial charge in [-0.05, 0) is 29.0 Å². The monoisotopic (exact) mass is 291 g/mol. The summed E-state index contributed by atoms with van der Waals surface area (Å²) >= 11 is 0. The van der Waals surface area contributed by atoms with Crippen LogP contribution in [-0.4, -0.2) is 12.7 Å². The van der Waals surface area contributed by atoms with Crippen molar-refractivity contribution in [3.8, 4) is 11.5 Å². The van der Waals surface area contributed by atoms with Crippen molar-refractivity contribution in [1.82, 2.24) is 0 Å². The summed E-state index contributed by atoms with van der Waals surface area (Å²) in [6.07, 6.45) is 0. The van der Waals surface area contributed by atoms with Crippen LogP contribution in [0.25, 0.3) is 10.8 Å². The van der Waals surface area contributed by atoms with Gasteiger partial charge < -0.3 is 14.8 Å². The number of anilines is 1. The minimum absolute atomic E-state index is 0.166. The van der Waals surface area contributed by atoms with Gasteiger partial charge in [-0.25, -0.2) is 0 Å². The molecule has 1 aliphatic heterocycles. The molecule has 1 aliphatic rings. The SMILES string of the molecule is O=C(Nc1cccc2c1OCO2)c1cccc2ccccc12. The maximum absolute atomic E-state index is 12.6. The lowest BCUT2D eigenvalue weighted by Gasteiger charge is -2.10. The number of hydrogen-bond donors (Lipinski definition) is 1. The highest BCUT2D eigenvalue weighted by Crippen LogP contribution is 2.39. The molecule has 1 amide bonds. The molecule has 4 heteroatoms. The van der Waals surface area contributed by atoms with Gasteiger partial charge in [-0.2, -0.15) is 0 Å². The van der Waals surface area contributed by atoms with E-state index in [2.05, 4.69) is 5.32 Å². The molecule has 0 saturated carbocycles. The second-order valence-corrected chi connectivity index (χ2v) is 5.02. The maximum Gasteiger partial charge on any atom is 0.256 e. The van der Waals surface area contributed by atoms with Gasteiger partial charge >= 0.3 is 0 Å². The first kappa shape index (κ1) is 12.7. The minimum atomic E-state index is -0.166. The third-order valence-electron chi connectivity index (χ3n) is 3.68. The van der Waals surface area contributed by atoms with E-state index in [-0.39, 0.29) is 12.7 Å². The van der Waals surface area contributed by atoms with Gasteiger partial charge in [0, 0.05) is 5.56 Å². The molecule has 1 heterocycles. The second-order valence-electron chi connectivity index (χ2n) is 5.02. The van der Waals surface area contributed by atoms with E-state index in [0.717, 1.165) is 10.8 Å². The molecule has 0 unspecified atom stereocenters. The number of carbonyl (C=O) groups is 1. The van der Waals surface area contributed by atoms with Crippen LogP contribution in [-0.2, 0) is 0 Å². The summed E-state index contributed by atoms with van der Waals surface area (Å²) in [5, 5.41) is 4.87. The van der Waals surface area contributed by atoms with Crippen LogP contribution < -0.4 is 14.8 Å². The van der Waals surface area contributed by atoms with Crippen LogP contribution in [0.3, 0.4) is 0 Å². The minimum Gasteiger partial charge on any atom is -0.454 e. The fourth-order valence-electron chi connectivity index (χ4n) is 2.64. The molecule has 108 valence electrons. The third kappa shape index (κ3) is 2.05. The van der Waals surface area contributed by atoms with Gasteiger partial charge in [-0.1, -0.05) is 42.5 Å². The van der Waals surface area contributed by atoms with Crippen molar-refractivity contribution in [3.63, 3.8) is 0 Å². The lowest BCUT2D eigenvalue weighted by molar-refractivity contribution is 0.102. The molecule has 0 aromatic heterocycles. The van der Waals surface area contributed by atoms with E-state index >= 15 is 0 Å². The first-order valence-corrected chi connectivity index (χ1v) is 7.01. The average Bonchev–Trinajstić information content (AvgIpc) is 3.04. The molecule has 0 aliphatic carbocycles. The zero-order valence-electron chi connectivity index (χ0n) is 11.7. The van der Waals surface area contributed by atoms with Crippen LogP contribution in [0.5, 0.6) is 11.5 Å². The van der Waals surface area contributed by atoms with Crippen LogP contribution in [0.15, 0.2) is 60.7 Å². The second kappa shape index (κ2) is 5.07. The fraction of sp³-hybridized carbons (Fsp3) is 0.0556. The lowest BCUT2D eigenvalue weighted by Crippen LogP contribution is -2.12. The Morgan fingerprint density at radius 3 is 2.68 bits per heavy atom. The molecule has 0 saturated heterocycles. The molecule has 4 rings (SSSR count). The first-order valence-electron chi connectivity index (χ1n) is 7.01.